The Morgan fingerprint density at radius 1 is 1.15 bits per heavy atom. The van der Waals surface area contributed by atoms with Crippen LogP contribution >= 0.6 is 7.11 Å². The number of pyridine rings is 1. The van der Waals surface area contributed by atoms with E-state index in [9.17, 15) is 18.9 Å². The number of hydrogen-bond acceptors (Lipinski definition) is 5. The highest BCUT2D eigenvalue weighted by Crippen LogP contribution is 2.35. The summed E-state index contributed by atoms with van der Waals surface area (Å²) in [7, 11) is -0.348. The Hall–Kier alpha value is -3.22. The minimum Gasteiger partial charge on any atom is -0.463 e. The monoisotopic (exact) mass is 569 g/mol. The van der Waals surface area contributed by atoms with E-state index in [1.54, 1.807) is 36.9 Å². The summed E-state index contributed by atoms with van der Waals surface area (Å²) in [5, 5.41) is 4.44. The number of amides is 2. The van der Waals surface area contributed by atoms with E-state index in [2.05, 4.69) is 16.6 Å². The largest absolute Gasteiger partial charge is 0.463 e. The van der Waals surface area contributed by atoms with Gasteiger partial charge in [-0.25, -0.2) is 9.18 Å². The van der Waals surface area contributed by atoms with Crippen LogP contribution in [0, 0.1) is 19.7 Å². The molecule has 0 radical (unpaired) electrons. The summed E-state index contributed by atoms with van der Waals surface area (Å²) in [6.07, 6.45) is 9.29. The van der Waals surface area contributed by atoms with Crippen molar-refractivity contribution in [2.45, 2.75) is 58.5 Å². The van der Waals surface area contributed by atoms with Crippen molar-refractivity contribution in [3.63, 3.8) is 0 Å². The molecule has 1 heterocycles. The van der Waals surface area contributed by atoms with Crippen molar-refractivity contribution in [2.75, 3.05) is 26.5 Å². The predicted molar refractivity (Wildman–Crippen MR) is 162 cm³/mol. The third-order valence-corrected chi connectivity index (χ3v) is 8.47. The van der Waals surface area contributed by atoms with Gasteiger partial charge in [0.25, 0.3) is 0 Å². The van der Waals surface area contributed by atoms with Gasteiger partial charge in [0.05, 0.1) is 18.2 Å². The van der Waals surface area contributed by atoms with E-state index >= 15 is 0 Å². The van der Waals surface area contributed by atoms with Gasteiger partial charge in [0.1, 0.15) is 12.4 Å². The first-order valence-electron chi connectivity index (χ1n) is 13.6. The third kappa shape index (κ3) is 9.76. The number of aryl methyl sites for hydroxylation is 1. The molecule has 2 atom stereocenters. The summed E-state index contributed by atoms with van der Waals surface area (Å²) in [4.78, 5) is 41.6. The number of carbonyl (C=O) groups excluding carboxylic acids is 2. The smallest absolute Gasteiger partial charge is 0.317 e. The van der Waals surface area contributed by atoms with Gasteiger partial charge in [0.15, 0.2) is 0 Å². The average molecular weight is 570 g/mol. The maximum Gasteiger partial charge on any atom is 0.317 e. The van der Waals surface area contributed by atoms with Gasteiger partial charge in [-0.05, 0) is 93.0 Å². The number of carbonyl (C=O) groups is 2. The van der Waals surface area contributed by atoms with Gasteiger partial charge in [0, 0.05) is 25.2 Å². The van der Waals surface area contributed by atoms with Crippen LogP contribution in [0.25, 0.3) is 10.8 Å². The number of ether oxygens (including phenoxy) is 1. The van der Waals surface area contributed by atoms with Gasteiger partial charge in [0.2, 0.25) is 0 Å². The molecule has 3 rings (SSSR count). The maximum absolute atomic E-state index is 13.6. The molecule has 3 aromatic rings. The molecule has 2 aromatic carbocycles. The maximum atomic E-state index is 13.6. The first-order chi connectivity index (χ1) is 18.9. The molecule has 0 bridgehead atoms. The normalized spacial score (nSPS) is 13.4. The molecule has 0 saturated carbocycles. The summed E-state index contributed by atoms with van der Waals surface area (Å²) in [5.41, 5.74) is 3.85. The van der Waals surface area contributed by atoms with Crippen LogP contribution in [-0.2, 0) is 22.5 Å². The van der Waals surface area contributed by atoms with Crippen LogP contribution in [0.2, 0.25) is 0 Å². The number of nitrogens with zero attached hydrogens (tertiary/aromatic N) is 2. The molecule has 0 saturated heterocycles. The van der Waals surface area contributed by atoms with Crippen LogP contribution in [0.15, 0.2) is 48.7 Å². The zero-order chi connectivity index (χ0) is 29.3. The number of hydrogen-bond donors (Lipinski definition) is 2. The highest BCUT2D eigenvalue weighted by atomic mass is 31.2. The lowest BCUT2D eigenvalue weighted by atomic mass is 10.0. The van der Waals surface area contributed by atoms with Gasteiger partial charge in [-0.15, -0.1) is 0 Å². The number of unbranched alkanes of at least 4 members (excludes halogenated alkanes) is 2. The van der Waals surface area contributed by atoms with Gasteiger partial charge in [-0.1, -0.05) is 37.3 Å². The van der Waals surface area contributed by atoms with Crippen LogP contribution in [0.4, 0.5) is 9.18 Å². The lowest BCUT2D eigenvalue weighted by Gasteiger charge is -2.28. The van der Waals surface area contributed by atoms with Crippen molar-refractivity contribution < 1.29 is 23.6 Å². The molecule has 0 fully saturated rings. The summed E-state index contributed by atoms with van der Waals surface area (Å²) in [5.74, 6) is -0.815. The highest BCUT2D eigenvalue weighted by Gasteiger charge is 2.22. The van der Waals surface area contributed by atoms with Crippen LogP contribution in [0.3, 0.4) is 0 Å². The number of likely N-dealkylation sites (N-methyl/N-ethyl adjacent to an activating group) is 1. The Kier molecular flexibility index (Phi) is 11.3. The second kappa shape index (κ2) is 14.4. The van der Waals surface area contributed by atoms with E-state index < -0.39 is 13.1 Å². The molecule has 2 unspecified atom stereocenters. The van der Waals surface area contributed by atoms with E-state index in [-0.39, 0.29) is 30.9 Å². The predicted octanol–water partition coefficient (Wildman–Crippen LogP) is 5.83. The number of benzene rings is 2. The SMILES string of the molecule is C=P(C)(O)CCCCCC(COC(=O)Cc1cc2cc(F)ccc2cn1)N(C)C(=O)NCc1cccc(C)c1C. The van der Waals surface area contributed by atoms with Crippen LogP contribution < -0.4 is 5.32 Å². The first-order valence-corrected chi connectivity index (χ1v) is 16.2. The summed E-state index contributed by atoms with van der Waals surface area (Å²) in [6, 6.07) is 11.6. The van der Waals surface area contributed by atoms with E-state index in [4.69, 9.17) is 4.74 Å². The Balaban J connectivity index is 1.60. The van der Waals surface area contributed by atoms with Crippen LogP contribution in [0.1, 0.15) is 48.1 Å². The van der Waals surface area contributed by atoms with E-state index in [0.29, 0.717) is 30.2 Å². The molecule has 216 valence electrons. The fourth-order valence-corrected chi connectivity index (χ4v) is 5.41. The van der Waals surface area contributed by atoms with Crippen molar-refractivity contribution in [1.29, 1.82) is 0 Å². The molecular weight excluding hydrogens is 528 g/mol. The van der Waals surface area contributed by atoms with Crippen LogP contribution in [0.5, 0.6) is 0 Å². The van der Waals surface area contributed by atoms with E-state index in [0.717, 1.165) is 35.8 Å². The molecule has 0 spiro atoms. The zero-order valence-electron chi connectivity index (χ0n) is 24.0. The van der Waals surface area contributed by atoms with Gasteiger partial charge >= 0.3 is 12.0 Å². The van der Waals surface area contributed by atoms with E-state index in [1.807, 2.05) is 32.0 Å². The minimum absolute atomic E-state index is 0.0501. The summed E-state index contributed by atoms with van der Waals surface area (Å²) in [6.45, 7) is 6.33. The van der Waals surface area contributed by atoms with Crippen molar-refractivity contribution in [1.82, 2.24) is 15.2 Å². The van der Waals surface area contributed by atoms with Crippen molar-refractivity contribution in [3.05, 3.63) is 76.9 Å². The number of urea groups is 1. The molecule has 1 aromatic heterocycles. The average Bonchev–Trinajstić information content (AvgIpc) is 2.89. The fourth-order valence-electron chi connectivity index (χ4n) is 4.50. The van der Waals surface area contributed by atoms with Crippen molar-refractivity contribution in [2.24, 2.45) is 0 Å². The third-order valence-electron chi connectivity index (χ3n) is 7.19. The topological polar surface area (TPSA) is 91.8 Å². The second-order valence-electron chi connectivity index (χ2n) is 10.7. The number of aromatic nitrogens is 1. The van der Waals surface area contributed by atoms with Gasteiger partial charge < -0.3 is 19.8 Å². The van der Waals surface area contributed by atoms with Crippen molar-refractivity contribution >= 4 is 36.2 Å². The van der Waals surface area contributed by atoms with Crippen LogP contribution in [-0.4, -0.2) is 65.6 Å². The number of rotatable bonds is 13. The highest BCUT2D eigenvalue weighted by molar-refractivity contribution is 7.67. The molecule has 9 heteroatoms. The molecule has 7 nitrogen and oxygen atoms in total. The Labute approximate surface area is 236 Å². The zero-order valence-corrected chi connectivity index (χ0v) is 24.8. The standard InChI is InChI=1S/C31H41FN3O4P/c1-22-10-9-11-24(23(22)2)19-34-31(37)35(3)29(12-7-6-8-15-40(4,5)38)21-39-30(36)18-28-17-26-16-27(32)14-13-25(26)20-33-28/h9-11,13-14,16-17,20,29,38H,4,6-8,12,15,18-19,21H2,1-3,5H3,(H,34,37). The molecular formula is C31H41FN3O4P. The molecule has 0 aliphatic carbocycles. The Bertz CT molecular complexity index is 1370. The fraction of sp³-hybridized carbons (Fsp3) is 0.419. The number of esters is 1. The lowest BCUT2D eigenvalue weighted by Crippen LogP contribution is -2.45. The summed E-state index contributed by atoms with van der Waals surface area (Å²) >= 11 is 0. The quantitative estimate of drug-likeness (QED) is 0.153. The molecule has 0 aliphatic heterocycles. The number of fused-ring (bicyclic) bond motifs is 1. The van der Waals surface area contributed by atoms with Gasteiger partial charge in [-0.3, -0.25) is 9.78 Å². The lowest BCUT2D eigenvalue weighted by molar-refractivity contribution is -0.144. The van der Waals surface area contributed by atoms with Gasteiger partial charge in [-0.2, -0.15) is 0 Å². The summed E-state index contributed by atoms with van der Waals surface area (Å²) < 4.78 is 19.2. The molecule has 0 aliphatic rings. The van der Waals surface area contributed by atoms with E-state index in [1.165, 1.54) is 17.7 Å². The first kappa shape index (κ1) is 31.3. The number of nitrogens with one attached hydrogen (secondary N) is 1. The second-order valence-corrected chi connectivity index (χ2v) is 13.8. The Morgan fingerprint density at radius 2 is 1.93 bits per heavy atom. The number of halogens is 1. The minimum atomic E-state index is -2.06. The molecule has 2 amide bonds. The molecule has 40 heavy (non-hydrogen) atoms. The molecule has 2 N–H and O–H groups in total. The Morgan fingerprint density at radius 3 is 2.67 bits per heavy atom. The van der Waals surface area contributed by atoms with Crippen molar-refractivity contribution in [3.8, 4) is 0 Å².